The molecule has 1 aromatic heterocycles. The fourth-order valence-electron chi connectivity index (χ4n) is 1.93. The van der Waals surface area contributed by atoms with Crippen molar-refractivity contribution in [2.45, 2.75) is 0 Å². The molecule has 120 valence electrons. The Labute approximate surface area is 143 Å². The van der Waals surface area contributed by atoms with Crippen LogP contribution in [0.25, 0.3) is 22.3 Å². The van der Waals surface area contributed by atoms with Crippen LogP contribution in [0, 0.1) is 0 Å². The van der Waals surface area contributed by atoms with Gasteiger partial charge in [0.05, 0.1) is 4.11 Å². The predicted molar refractivity (Wildman–Crippen MR) is 76.2 cm³/mol. The summed E-state index contributed by atoms with van der Waals surface area (Å²) < 4.78 is 28.2. The monoisotopic (exact) mass is 384 g/mol. The molecule has 0 aliphatic heterocycles. The van der Waals surface area contributed by atoms with E-state index in [0.717, 1.165) is 12.1 Å². The van der Waals surface area contributed by atoms with Crippen LogP contribution in [-0.2, 0) is 0 Å². The first-order chi connectivity index (χ1) is 11.7. The summed E-state index contributed by atoms with van der Waals surface area (Å²) in [5, 5.41) is 47.9. The predicted octanol–water partition coefficient (Wildman–Crippen LogP) is -1.01. The lowest BCUT2D eigenvalue weighted by Gasteiger charge is -2.08. The Bertz CT molecular complexity index is 1110. The van der Waals surface area contributed by atoms with Gasteiger partial charge in [-0.25, -0.2) is 0 Å². The van der Waals surface area contributed by atoms with Crippen molar-refractivity contribution in [3.63, 3.8) is 0 Å². The van der Waals surface area contributed by atoms with Gasteiger partial charge >= 0.3 is 0 Å². The SMILES string of the molecule is [2H]c1c(-c2oc3c([2H])c(O)c([2H])c(O)c3c(=O)c2O)ccc(O)c1O.[Br-]. The Morgan fingerprint density at radius 2 is 1.61 bits per heavy atom. The van der Waals surface area contributed by atoms with Crippen molar-refractivity contribution in [3.8, 4) is 40.1 Å². The summed E-state index contributed by atoms with van der Waals surface area (Å²) in [5.74, 6) is -4.98. The van der Waals surface area contributed by atoms with Crippen molar-refractivity contribution < 1.29 is 51.0 Å². The average molecular weight is 385 g/mol. The molecule has 0 fully saturated rings. The zero-order valence-electron chi connectivity index (χ0n) is 14.1. The van der Waals surface area contributed by atoms with Crippen LogP contribution in [0.1, 0.15) is 4.11 Å². The van der Waals surface area contributed by atoms with Crippen molar-refractivity contribution in [1.29, 1.82) is 0 Å². The molecule has 0 aliphatic carbocycles. The van der Waals surface area contributed by atoms with Gasteiger partial charge in [0, 0.05) is 17.6 Å². The molecule has 0 spiro atoms. The zero-order valence-corrected chi connectivity index (χ0v) is 12.7. The molecule has 0 bridgehead atoms. The van der Waals surface area contributed by atoms with Gasteiger partial charge in [-0.15, -0.1) is 0 Å². The third kappa shape index (κ3) is 2.64. The van der Waals surface area contributed by atoms with E-state index < -0.39 is 69.0 Å². The summed E-state index contributed by atoms with van der Waals surface area (Å²) in [6.07, 6.45) is 0. The van der Waals surface area contributed by atoms with Crippen molar-refractivity contribution in [2.24, 2.45) is 0 Å². The molecule has 3 rings (SSSR count). The van der Waals surface area contributed by atoms with E-state index in [1.165, 1.54) is 0 Å². The van der Waals surface area contributed by atoms with Crippen LogP contribution in [0.4, 0.5) is 0 Å². The molecule has 0 atom stereocenters. The van der Waals surface area contributed by atoms with Crippen LogP contribution in [-0.4, -0.2) is 25.5 Å². The lowest BCUT2D eigenvalue weighted by molar-refractivity contribution is -0.00000967. The molecule has 8 heteroatoms. The highest BCUT2D eigenvalue weighted by Gasteiger charge is 2.19. The maximum absolute atomic E-state index is 12.3. The maximum atomic E-state index is 12.3. The molecule has 0 saturated heterocycles. The van der Waals surface area contributed by atoms with Gasteiger partial charge in [-0.1, -0.05) is 0 Å². The highest BCUT2D eigenvalue weighted by atomic mass is 79.9. The molecule has 7 nitrogen and oxygen atoms in total. The Morgan fingerprint density at radius 3 is 2.30 bits per heavy atom. The fourth-order valence-corrected chi connectivity index (χ4v) is 1.93. The molecule has 1 heterocycles. The largest absolute Gasteiger partial charge is 1.00 e. The normalized spacial score (nSPS) is 12.3. The van der Waals surface area contributed by atoms with Crippen LogP contribution in [0.2, 0.25) is 0 Å². The number of halogens is 1. The minimum absolute atomic E-state index is 0. The highest BCUT2D eigenvalue weighted by Crippen LogP contribution is 2.37. The van der Waals surface area contributed by atoms with Gasteiger partial charge in [0.15, 0.2) is 17.3 Å². The minimum atomic E-state index is -1.19. The summed E-state index contributed by atoms with van der Waals surface area (Å²) in [5.41, 5.74) is -2.08. The number of rotatable bonds is 1. The smallest absolute Gasteiger partial charge is 0.238 e. The second kappa shape index (κ2) is 5.73. The molecule has 0 unspecified atom stereocenters. The number of benzene rings is 2. The van der Waals surface area contributed by atoms with Gasteiger partial charge in [-0.05, 0) is 18.2 Å². The first kappa shape index (κ1) is 12.7. The number of phenols is 4. The molecule has 2 aromatic carbocycles. The number of aromatic hydroxyl groups is 5. The quantitative estimate of drug-likeness (QED) is 0.339. The van der Waals surface area contributed by atoms with E-state index in [4.69, 9.17) is 8.53 Å². The molecule has 0 aliphatic rings. The van der Waals surface area contributed by atoms with E-state index in [9.17, 15) is 30.3 Å². The maximum Gasteiger partial charge on any atom is 0.238 e. The summed E-state index contributed by atoms with van der Waals surface area (Å²) in [4.78, 5) is 12.3. The topological polar surface area (TPSA) is 131 Å². The Morgan fingerprint density at radius 1 is 0.913 bits per heavy atom. The van der Waals surface area contributed by atoms with Gasteiger partial charge < -0.3 is 46.9 Å². The van der Waals surface area contributed by atoms with Crippen LogP contribution >= 0.6 is 0 Å². The Balaban J connectivity index is 0.00000243. The van der Waals surface area contributed by atoms with Crippen molar-refractivity contribution in [3.05, 3.63) is 40.5 Å². The van der Waals surface area contributed by atoms with Crippen molar-refractivity contribution in [1.82, 2.24) is 0 Å². The van der Waals surface area contributed by atoms with E-state index in [-0.39, 0.29) is 22.5 Å². The van der Waals surface area contributed by atoms with Crippen LogP contribution in [0.3, 0.4) is 0 Å². The molecular formula is C15H10BrO7-. The van der Waals surface area contributed by atoms with Crippen molar-refractivity contribution in [2.75, 3.05) is 0 Å². The molecule has 0 saturated carbocycles. The van der Waals surface area contributed by atoms with Crippen LogP contribution < -0.4 is 22.4 Å². The second-order valence-corrected chi connectivity index (χ2v) is 4.37. The molecule has 5 N–H and O–H groups in total. The molecule has 23 heavy (non-hydrogen) atoms. The summed E-state index contributed by atoms with van der Waals surface area (Å²) >= 11 is 0. The highest BCUT2D eigenvalue weighted by molar-refractivity contribution is 5.88. The average Bonchev–Trinajstić information content (AvgIpc) is 2.59. The van der Waals surface area contributed by atoms with E-state index in [1.54, 1.807) is 0 Å². The molecule has 0 amide bonds. The Kier molecular flexibility index (Phi) is 3.15. The zero-order chi connectivity index (χ0) is 18.6. The van der Waals surface area contributed by atoms with Gasteiger partial charge in [0.25, 0.3) is 0 Å². The standard InChI is InChI=1S/C15H10O7.BrH/c16-7-4-10(19)12-11(5-7)22-15(14(21)13(12)20)6-1-2-8(17)9(18)3-6;/h1-5,16-19,21H;1H/p-1/i3D,4D,5D;. The third-order valence-electron chi connectivity index (χ3n) is 2.94. The van der Waals surface area contributed by atoms with Crippen molar-refractivity contribution >= 4 is 11.0 Å². The van der Waals surface area contributed by atoms with Crippen LogP contribution in [0.15, 0.2) is 39.5 Å². The summed E-state index contributed by atoms with van der Waals surface area (Å²) in [6, 6.07) is -0.222. The molecular weight excluding hydrogens is 372 g/mol. The van der Waals surface area contributed by atoms with Gasteiger partial charge in [0.1, 0.15) is 22.5 Å². The van der Waals surface area contributed by atoms with E-state index in [0.29, 0.717) is 0 Å². The Hall–Kier alpha value is -2.87. The second-order valence-electron chi connectivity index (χ2n) is 4.37. The van der Waals surface area contributed by atoms with E-state index in [2.05, 4.69) is 0 Å². The number of hydrogen-bond donors (Lipinski definition) is 5. The first-order valence-corrected chi connectivity index (χ1v) is 5.89. The third-order valence-corrected chi connectivity index (χ3v) is 2.94. The minimum Gasteiger partial charge on any atom is -1.00 e. The fraction of sp³-hybridized carbons (Fsp3) is 0. The number of hydrogen-bond acceptors (Lipinski definition) is 7. The lowest BCUT2D eigenvalue weighted by Crippen LogP contribution is -3.00. The first-order valence-electron chi connectivity index (χ1n) is 7.39. The van der Waals surface area contributed by atoms with E-state index >= 15 is 0 Å². The van der Waals surface area contributed by atoms with Gasteiger partial charge in [0.2, 0.25) is 11.2 Å². The number of phenolic OH excluding ortho intramolecular Hbond substituents is 4. The number of fused-ring (bicyclic) bond motifs is 1. The molecule has 3 aromatic rings. The van der Waals surface area contributed by atoms with Gasteiger partial charge in [-0.3, -0.25) is 4.79 Å². The summed E-state index contributed by atoms with van der Waals surface area (Å²) in [6.45, 7) is 0. The van der Waals surface area contributed by atoms with Gasteiger partial charge in [-0.2, -0.15) is 0 Å². The van der Waals surface area contributed by atoms with Crippen LogP contribution in [0.5, 0.6) is 28.7 Å². The molecule has 0 radical (unpaired) electrons. The summed E-state index contributed by atoms with van der Waals surface area (Å²) in [7, 11) is 0. The van der Waals surface area contributed by atoms with E-state index in [1.807, 2.05) is 0 Å². The lowest BCUT2D eigenvalue weighted by atomic mass is 10.1.